The molecule has 3 aromatic rings. The van der Waals surface area contributed by atoms with Crippen molar-refractivity contribution in [3.8, 4) is 0 Å². The highest BCUT2D eigenvalue weighted by atomic mass is 15.3. The third kappa shape index (κ3) is 2.90. The van der Waals surface area contributed by atoms with Gasteiger partial charge in [0.15, 0.2) is 0 Å². The lowest BCUT2D eigenvalue weighted by atomic mass is 10.1. The molecule has 0 atom stereocenters. The van der Waals surface area contributed by atoms with Crippen molar-refractivity contribution < 1.29 is 0 Å². The van der Waals surface area contributed by atoms with Crippen molar-refractivity contribution in [3.05, 3.63) is 59.7 Å². The topological polar surface area (TPSA) is 41.1 Å². The first kappa shape index (κ1) is 15.6. The van der Waals surface area contributed by atoms with Gasteiger partial charge in [0.25, 0.3) is 0 Å². The molecule has 0 radical (unpaired) electrons. The fraction of sp³-hybridized carbons (Fsp3) is 0.364. The Hall–Kier alpha value is -2.62. The zero-order chi connectivity index (χ0) is 17.3. The minimum absolute atomic E-state index is 0.403. The molecule has 0 spiro atoms. The zero-order valence-electron chi connectivity index (χ0n) is 15.0. The molecule has 1 fully saturated rings. The van der Waals surface area contributed by atoms with Gasteiger partial charge in [0.2, 0.25) is 5.95 Å². The van der Waals surface area contributed by atoms with Crippen LogP contribution in [0.15, 0.2) is 48.5 Å². The highest BCUT2D eigenvalue weighted by Crippen LogP contribution is 2.29. The van der Waals surface area contributed by atoms with Crippen LogP contribution in [0.25, 0.3) is 10.9 Å². The first-order chi connectivity index (χ1) is 12.9. The molecule has 5 rings (SSSR count). The van der Waals surface area contributed by atoms with E-state index in [1.807, 2.05) is 0 Å². The van der Waals surface area contributed by atoms with Crippen LogP contribution in [0, 0.1) is 0 Å². The Balaban J connectivity index is 1.48. The van der Waals surface area contributed by atoms with Gasteiger partial charge >= 0.3 is 0 Å². The number of benzene rings is 2. The SMILES string of the molecule is c1ccc2c(c1)CC(Nc1nc(N3CCCCC3)nc3ccccc13)C2. The van der Waals surface area contributed by atoms with E-state index in [9.17, 15) is 0 Å². The zero-order valence-corrected chi connectivity index (χ0v) is 15.0. The van der Waals surface area contributed by atoms with Crippen molar-refractivity contribution in [2.24, 2.45) is 0 Å². The first-order valence-corrected chi connectivity index (χ1v) is 9.72. The number of hydrogen-bond acceptors (Lipinski definition) is 4. The van der Waals surface area contributed by atoms with Crippen LogP contribution in [0.5, 0.6) is 0 Å². The number of nitrogens with one attached hydrogen (secondary N) is 1. The van der Waals surface area contributed by atoms with E-state index in [-0.39, 0.29) is 0 Å². The lowest BCUT2D eigenvalue weighted by molar-refractivity contribution is 0.569. The second-order valence-electron chi connectivity index (χ2n) is 7.46. The minimum Gasteiger partial charge on any atom is -0.366 e. The van der Waals surface area contributed by atoms with Crippen molar-refractivity contribution in [3.63, 3.8) is 0 Å². The molecule has 0 saturated carbocycles. The molecule has 1 aromatic heterocycles. The fourth-order valence-corrected chi connectivity index (χ4v) is 4.26. The van der Waals surface area contributed by atoms with Gasteiger partial charge in [-0.3, -0.25) is 0 Å². The average molecular weight is 344 g/mol. The van der Waals surface area contributed by atoms with Gasteiger partial charge in [-0.2, -0.15) is 4.98 Å². The molecule has 0 amide bonds. The Morgan fingerprint density at radius 1 is 0.808 bits per heavy atom. The minimum atomic E-state index is 0.403. The second kappa shape index (κ2) is 6.60. The van der Waals surface area contributed by atoms with Gasteiger partial charge in [-0.1, -0.05) is 36.4 Å². The van der Waals surface area contributed by atoms with Crippen molar-refractivity contribution in [1.29, 1.82) is 0 Å². The molecule has 26 heavy (non-hydrogen) atoms. The molecule has 1 aliphatic carbocycles. The Labute approximate surface area is 154 Å². The molecule has 1 N–H and O–H groups in total. The molecule has 0 bridgehead atoms. The summed E-state index contributed by atoms with van der Waals surface area (Å²) in [5, 5.41) is 4.85. The summed E-state index contributed by atoms with van der Waals surface area (Å²) in [6.07, 6.45) is 5.91. The maximum atomic E-state index is 4.95. The van der Waals surface area contributed by atoms with Crippen LogP contribution in [0.2, 0.25) is 0 Å². The number of anilines is 2. The van der Waals surface area contributed by atoms with E-state index in [1.54, 1.807) is 0 Å². The Morgan fingerprint density at radius 3 is 2.27 bits per heavy atom. The summed E-state index contributed by atoms with van der Waals surface area (Å²) in [5.41, 5.74) is 3.94. The maximum absolute atomic E-state index is 4.95. The monoisotopic (exact) mass is 344 g/mol. The van der Waals surface area contributed by atoms with E-state index in [2.05, 4.69) is 58.7 Å². The van der Waals surface area contributed by atoms with Gasteiger partial charge in [0, 0.05) is 24.5 Å². The van der Waals surface area contributed by atoms with Crippen LogP contribution in [-0.2, 0) is 12.8 Å². The van der Waals surface area contributed by atoms with Gasteiger partial charge in [-0.15, -0.1) is 0 Å². The number of fused-ring (bicyclic) bond motifs is 2. The van der Waals surface area contributed by atoms with E-state index >= 15 is 0 Å². The van der Waals surface area contributed by atoms with E-state index in [0.29, 0.717) is 6.04 Å². The summed E-state index contributed by atoms with van der Waals surface area (Å²) in [6, 6.07) is 17.5. The van der Waals surface area contributed by atoms with Crippen molar-refractivity contribution in [2.75, 3.05) is 23.3 Å². The van der Waals surface area contributed by atoms with E-state index in [1.165, 1.54) is 30.4 Å². The van der Waals surface area contributed by atoms with Gasteiger partial charge in [-0.25, -0.2) is 4.98 Å². The molecule has 1 aliphatic heterocycles. The normalized spacial score (nSPS) is 17.5. The predicted octanol–water partition coefficient (Wildman–Crippen LogP) is 4.20. The quantitative estimate of drug-likeness (QED) is 0.773. The van der Waals surface area contributed by atoms with Gasteiger partial charge in [0.05, 0.1) is 5.52 Å². The molecule has 1 saturated heterocycles. The summed E-state index contributed by atoms with van der Waals surface area (Å²) >= 11 is 0. The van der Waals surface area contributed by atoms with Gasteiger partial charge < -0.3 is 10.2 Å². The summed E-state index contributed by atoms with van der Waals surface area (Å²) in [6.45, 7) is 2.12. The lowest BCUT2D eigenvalue weighted by Gasteiger charge is -2.27. The highest BCUT2D eigenvalue weighted by Gasteiger charge is 2.23. The van der Waals surface area contributed by atoms with Gasteiger partial charge in [-0.05, 0) is 55.4 Å². The molecule has 132 valence electrons. The summed E-state index contributed by atoms with van der Waals surface area (Å²) in [5.74, 6) is 1.86. The Bertz CT molecular complexity index is 905. The molecular weight excluding hydrogens is 320 g/mol. The van der Waals surface area contributed by atoms with E-state index in [4.69, 9.17) is 9.97 Å². The number of piperidine rings is 1. The van der Waals surface area contributed by atoms with Crippen LogP contribution in [0.1, 0.15) is 30.4 Å². The van der Waals surface area contributed by atoms with Crippen molar-refractivity contribution >= 4 is 22.7 Å². The van der Waals surface area contributed by atoms with Crippen LogP contribution >= 0.6 is 0 Å². The van der Waals surface area contributed by atoms with Crippen LogP contribution in [0.4, 0.5) is 11.8 Å². The molecule has 2 heterocycles. The van der Waals surface area contributed by atoms with E-state index < -0.39 is 0 Å². The third-order valence-corrected chi connectivity index (χ3v) is 5.62. The van der Waals surface area contributed by atoms with E-state index in [0.717, 1.165) is 48.6 Å². The number of nitrogens with zero attached hydrogens (tertiary/aromatic N) is 3. The third-order valence-electron chi connectivity index (χ3n) is 5.62. The number of rotatable bonds is 3. The average Bonchev–Trinajstić information content (AvgIpc) is 3.11. The smallest absolute Gasteiger partial charge is 0.227 e. The first-order valence-electron chi connectivity index (χ1n) is 9.72. The number of hydrogen-bond donors (Lipinski definition) is 1. The second-order valence-corrected chi connectivity index (χ2v) is 7.46. The summed E-state index contributed by atoms with van der Waals surface area (Å²) in [7, 11) is 0. The van der Waals surface area contributed by atoms with Crippen LogP contribution < -0.4 is 10.2 Å². The molecule has 2 aliphatic rings. The molecule has 0 unspecified atom stereocenters. The molecule has 2 aromatic carbocycles. The predicted molar refractivity (Wildman–Crippen MR) is 107 cm³/mol. The van der Waals surface area contributed by atoms with Crippen LogP contribution in [-0.4, -0.2) is 29.1 Å². The molecular formula is C22H24N4. The van der Waals surface area contributed by atoms with Crippen LogP contribution in [0.3, 0.4) is 0 Å². The summed E-state index contributed by atoms with van der Waals surface area (Å²) < 4.78 is 0. The van der Waals surface area contributed by atoms with Crippen molar-refractivity contribution in [1.82, 2.24) is 9.97 Å². The van der Waals surface area contributed by atoms with Crippen molar-refractivity contribution in [2.45, 2.75) is 38.1 Å². The number of aromatic nitrogens is 2. The maximum Gasteiger partial charge on any atom is 0.227 e. The lowest BCUT2D eigenvalue weighted by Crippen LogP contribution is -2.31. The largest absolute Gasteiger partial charge is 0.366 e. The molecule has 4 heteroatoms. The Kier molecular flexibility index (Phi) is 3.96. The molecule has 4 nitrogen and oxygen atoms in total. The standard InChI is InChI=1S/C22H24N4/c1-6-12-26(13-7-1)22-24-20-11-5-4-10-19(20)21(25-22)23-18-14-16-8-2-3-9-17(16)15-18/h2-5,8-11,18H,1,6-7,12-15H2,(H,23,24,25). The summed E-state index contributed by atoms with van der Waals surface area (Å²) in [4.78, 5) is 12.1. The highest BCUT2D eigenvalue weighted by molar-refractivity contribution is 5.90. The Morgan fingerprint density at radius 2 is 1.50 bits per heavy atom. The number of para-hydroxylation sites is 1. The fourth-order valence-electron chi connectivity index (χ4n) is 4.26. The van der Waals surface area contributed by atoms with Gasteiger partial charge in [0.1, 0.15) is 5.82 Å².